The van der Waals surface area contributed by atoms with Crippen molar-refractivity contribution in [1.82, 2.24) is 9.88 Å². The number of rotatable bonds is 2. The SMILES string of the molecule is Cc1cc(C)c(CN)c(N2CCCN3CCCC3C2)n1. The number of hydrogen-bond acceptors (Lipinski definition) is 4. The molecule has 0 aliphatic carbocycles. The number of nitrogens with two attached hydrogens (primary N) is 1. The molecule has 0 bridgehead atoms. The monoisotopic (exact) mass is 274 g/mol. The Bertz CT molecular complexity index is 486. The molecule has 1 atom stereocenters. The van der Waals surface area contributed by atoms with Crippen molar-refractivity contribution < 1.29 is 0 Å². The summed E-state index contributed by atoms with van der Waals surface area (Å²) in [4.78, 5) is 9.95. The van der Waals surface area contributed by atoms with Crippen molar-refractivity contribution in [3.8, 4) is 0 Å². The molecule has 1 unspecified atom stereocenters. The van der Waals surface area contributed by atoms with Crippen LogP contribution in [0.25, 0.3) is 0 Å². The van der Waals surface area contributed by atoms with Gasteiger partial charge in [-0.1, -0.05) is 0 Å². The molecule has 2 aliphatic heterocycles. The van der Waals surface area contributed by atoms with Crippen LogP contribution in [0.2, 0.25) is 0 Å². The van der Waals surface area contributed by atoms with E-state index in [1.54, 1.807) is 0 Å². The van der Waals surface area contributed by atoms with Crippen LogP contribution in [0.15, 0.2) is 6.07 Å². The molecule has 2 aliphatic rings. The van der Waals surface area contributed by atoms with E-state index in [2.05, 4.69) is 29.7 Å². The van der Waals surface area contributed by atoms with Gasteiger partial charge in [0.05, 0.1) is 0 Å². The van der Waals surface area contributed by atoms with Crippen molar-refractivity contribution in [1.29, 1.82) is 0 Å². The Balaban J connectivity index is 1.91. The third-order valence-corrected chi connectivity index (χ3v) is 4.76. The molecule has 4 nitrogen and oxygen atoms in total. The summed E-state index contributed by atoms with van der Waals surface area (Å²) in [5, 5.41) is 0. The van der Waals surface area contributed by atoms with Crippen LogP contribution in [-0.4, -0.2) is 42.1 Å². The van der Waals surface area contributed by atoms with Gasteiger partial charge in [0.15, 0.2) is 0 Å². The second-order valence-electron chi connectivity index (χ2n) is 6.22. The van der Waals surface area contributed by atoms with E-state index in [4.69, 9.17) is 10.7 Å². The summed E-state index contributed by atoms with van der Waals surface area (Å²) in [5.74, 6) is 1.14. The first-order chi connectivity index (χ1) is 9.69. The number of aromatic nitrogens is 1. The molecule has 20 heavy (non-hydrogen) atoms. The molecule has 1 aromatic rings. The summed E-state index contributed by atoms with van der Waals surface area (Å²) in [6, 6.07) is 2.86. The fraction of sp³-hybridized carbons (Fsp3) is 0.688. The van der Waals surface area contributed by atoms with E-state index in [1.807, 2.05) is 0 Å². The Morgan fingerprint density at radius 3 is 2.85 bits per heavy atom. The zero-order chi connectivity index (χ0) is 14.1. The summed E-state index contributed by atoms with van der Waals surface area (Å²) < 4.78 is 0. The molecule has 3 heterocycles. The van der Waals surface area contributed by atoms with Crippen LogP contribution in [0.5, 0.6) is 0 Å². The van der Waals surface area contributed by atoms with Gasteiger partial charge in [0.2, 0.25) is 0 Å². The van der Waals surface area contributed by atoms with Crippen LogP contribution in [0.4, 0.5) is 5.82 Å². The lowest BCUT2D eigenvalue weighted by molar-refractivity contribution is 0.273. The topological polar surface area (TPSA) is 45.4 Å². The Kier molecular flexibility index (Phi) is 3.94. The van der Waals surface area contributed by atoms with Gasteiger partial charge < -0.3 is 10.6 Å². The smallest absolute Gasteiger partial charge is 0.133 e. The summed E-state index contributed by atoms with van der Waals surface area (Å²) in [7, 11) is 0. The van der Waals surface area contributed by atoms with E-state index in [1.165, 1.54) is 43.5 Å². The van der Waals surface area contributed by atoms with Gasteiger partial charge in [0.25, 0.3) is 0 Å². The highest BCUT2D eigenvalue weighted by Crippen LogP contribution is 2.27. The zero-order valence-corrected chi connectivity index (χ0v) is 12.7. The Morgan fingerprint density at radius 1 is 1.25 bits per heavy atom. The molecule has 2 N–H and O–H groups in total. The third-order valence-electron chi connectivity index (χ3n) is 4.76. The van der Waals surface area contributed by atoms with Crippen molar-refractivity contribution in [3.05, 3.63) is 22.9 Å². The van der Waals surface area contributed by atoms with Gasteiger partial charge in [-0.15, -0.1) is 0 Å². The molecule has 0 aromatic carbocycles. The number of aryl methyl sites for hydroxylation is 2. The molecule has 0 amide bonds. The molecule has 2 saturated heterocycles. The lowest BCUT2D eigenvalue weighted by Crippen LogP contribution is -2.37. The Labute approximate surface area is 122 Å². The van der Waals surface area contributed by atoms with Crippen LogP contribution in [0, 0.1) is 13.8 Å². The van der Waals surface area contributed by atoms with Crippen LogP contribution in [-0.2, 0) is 6.54 Å². The highest BCUT2D eigenvalue weighted by molar-refractivity contribution is 5.52. The normalized spacial score (nSPS) is 23.8. The van der Waals surface area contributed by atoms with Crippen molar-refractivity contribution in [2.45, 2.75) is 45.7 Å². The number of anilines is 1. The van der Waals surface area contributed by atoms with E-state index < -0.39 is 0 Å². The molecular weight excluding hydrogens is 248 g/mol. The van der Waals surface area contributed by atoms with Crippen LogP contribution in [0.3, 0.4) is 0 Å². The maximum atomic E-state index is 5.98. The first-order valence-corrected chi connectivity index (χ1v) is 7.85. The van der Waals surface area contributed by atoms with E-state index in [-0.39, 0.29) is 0 Å². The summed E-state index contributed by atoms with van der Waals surface area (Å²) in [6.07, 6.45) is 3.91. The third kappa shape index (κ3) is 2.54. The van der Waals surface area contributed by atoms with E-state index in [0.717, 1.165) is 24.6 Å². The fourth-order valence-corrected chi connectivity index (χ4v) is 3.76. The maximum absolute atomic E-state index is 5.98. The van der Waals surface area contributed by atoms with E-state index in [9.17, 15) is 0 Å². The molecular formula is C16H26N4. The van der Waals surface area contributed by atoms with Gasteiger partial charge in [0, 0.05) is 43.5 Å². The molecule has 3 rings (SSSR count). The average Bonchev–Trinajstić information content (AvgIpc) is 2.75. The number of pyridine rings is 1. The fourth-order valence-electron chi connectivity index (χ4n) is 3.76. The number of hydrogen-bond donors (Lipinski definition) is 1. The number of nitrogens with zero attached hydrogens (tertiary/aromatic N) is 3. The molecule has 4 heteroatoms. The summed E-state index contributed by atoms with van der Waals surface area (Å²) in [5.41, 5.74) is 9.58. The molecule has 1 aromatic heterocycles. The lowest BCUT2D eigenvalue weighted by Gasteiger charge is -2.28. The van der Waals surface area contributed by atoms with Crippen molar-refractivity contribution in [2.75, 3.05) is 31.1 Å². The van der Waals surface area contributed by atoms with Gasteiger partial charge in [-0.25, -0.2) is 4.98 Å². The average molecular weight is 274 g/mol. The highest BCUT2D eigenvalue weighted by atomic mass is 15.3. The lowest BCUT2D eigenvalue weighted by atomic mass is 10.1. The largest absolute Gasteiger partial charge is 0.355 e. The molecule has 0 saturated carbocycles. The molecule has 0 spiro atoms. The van der Waals surface area contributed by atoms with Gasteiger partial charge in [-0.05, 0) is 51.3 Å². The first kappa shape index (κ1) is 13.8. The number of fused-ring (bicyclic) bond motifs is 1. The van der Waals surface area contributed by atoms with Crippen LogP contribution < -0.4 is 10.6 Å². The molecule has 0 radical (unpaired) electrons. The second-order valence-corrected chi connectivity index (χ2v) is 6.22. The van der Waals surface area contributed by atoms with Crippen molar-refractivity contribution in [2.24, 2.45) is 5.73 Å². The molecule has 110 valence electrons. The highest BCUT2D eigenvalue weighted by Gasteiger charge is 2.30. The molecule has 2 fully saturated rings. The van der Waals surface area contributed by atoms with Gasteiger partial charge in [-0.2, -0.15) is 0 Å². The predicted octanol–water partition coefficient (Wildman–Crippen LogP) is 1.83. The summed E-state index contributed by atoms with van der Waals surface area (Å²) >= 11 is 0. The minimum absolute atomic E-state index is 0.583. The minimum Gasteiger partial charge on any atom is -0.355 e. The van der Waals surface area contributed by atoms with Gasteiger partial charge in [-0.3, -0.25) is 4.90 Å². The minimum atomic E-state index is 0.583. The quantitative estimate of drug-likeness (QED) is 0.894. The van der Waals surface area contributed by atoms with Crippen LogP contribution >= 0.6 is 0 Å². The Hall–Kier alpha value is -1.13. The second kappa shape index (κ2) is 5.70. The first-order valence-electron chi connectivity index (χ1n) is 7.85. The maximum Gasteiger partial charge on any atom is 0.133 e. The van der Waals surface area contributed by atoms with E-state index in [0.29, 0.717) is 12.6 Å². The van der Waals surface area contributed by atoms with Gasteiger partial charge in [0.1, 0.15) is 5.82 Å². The summed E-state index contributed by atoms with van der Waals surface area (Å²) in [6.45, 7) is 9.56. The zero-order valence-electron chi connectivity index (χ0n) is 12.7. The van der Waals surface area contributed by atoms with Crippen LogP contribution in [0.1, 0.15) is 36.1 Å². The Morgan fingerprint density at radius 2 is 2.05 bits per heavy atom. The van der Waals surface area contributed by atoms with Crippen molar-refractivity contribution >= 4 is 5.82 Å². The van der Waals surface area contributed by atoms with E-state index >= 15 is 0 Å². The van der Waals surface area contributed by atoms with Crippen molar-refractivity contribution in [3.63, 3.8) is 0 Å². The standard InChI is InChI=1S/C16H26N4/c1-12-9-13(2)18-16(15(12)10-17)20-8-4-7-19-6-3-5-14(19)11-20/h9,14H,3-8,10-11,17H2,1-2H3. The predicted molar refractivity (Wildman–Crippen MR) is 83.0 cm³/mol. The van der Waals surface area contributed by atoms with Gasteiger partial charge >= 0.3 is 0 Å².